The average molecular weight is 348 g/mol. The topological polar surface area (TPSA) is 56.5 Å². The minimum atomic E-state index is -0.169. The van der Waals surface area contributed by atoms with Gasteiger partial charge in [-0.05, 0) is 26.0 Å². The molecule has 2 aromatic carbocycles. The van der Waals surface area contributed by atoms with E-state index in [1.807, 2.05) is 37.3 Å². The molecule has 0 amide bonds. The normalized spacial score (nSPS) is 10.8. The van der Waals surface area contributed by atoms with Gasteiger partial charge in [-0.15, -0.1) is 0 Å². The molecule has 26 heavy (non-hydrogen) atoms. The fourth-order valence-corrected chi connectivity index (χ4v) is 2.73. The quantitative estimate of drug-likeness (QED) is 0.485. The van der Waals surface area contributed by atoms with Crippen molar-refractivity contribution in [3.8, 4) is 11.3 Å². The third-order valence-electron chi connectivity index (χ3n) is 4.06. The van der Waals surface area contributed by atoms with Crippen LogP contribution in [0.2, 0.25) is 0 Å². The van der Waals surface area contributed by atoms with Gasteiger partial charge in [-0.1, -0.05) is 48.6 Å². The summed E-state index contributed by atoms with van der Waals surface area (Å²) in [5.74, 6) is 0.351. The van der Waals surface area contributed by atoms with Gasteiger partial charge < -0.3 is 9.15 Å². The van der Waals surface area contributed by atoms with Crippen LogP contribution in [0.4, 0.5) is 0 Å². The number of hydrogen-bond donors (Lipinski definition) is 0. The number of carbonyl (C=O) groups excluding carboxylic acids is 1. The maximum Gasteiger partial charge on any atom is 0.196 e. The van der Waals surface area contributed by atoms with E-state index in [9.17, 15) is 9.59 Å². The predicted octanol–water partition coefficient (Wildman–Crippen LogP) is 4.54. The van der Waals surface area contributed by atoms with Gasteiger partial charge in [-0.25, -0.2) is 0 Å². The molecule has 132 valence electrons. The van der Waals surface area contributed by atoms with Gasteiger partial charge in [0.05, 0.1) is 12.0 Å². The molecule has 3 rings (SSSR count). The summed E-state index contributed by atoms with van der Waals surface area (Å²) in [4.78, 5) is 25.0. The first-order chi connectivity index (χ1) is 12.5. The van der Waals surface area contributed by atoms with Crippen molar-refractivity contribution < 1.29 is 13.9 Å². The summed E-state index contributed by atoms with van der Waals surface area (Å²) in [6.07, 6.45) is 0. The van der Waals surface area contributed by atoms with E-state index in [0.29, 0.717) is 34.5 Å². The molecule has 1 heterocycles. The van der Waals surface area contributed by atoms with Crippen molar-refractivity contribution in [3.63, 3.8) is 0 Å². The lowest BCUT2D eigenvalue weighted by atomic mass is 10.0. The molecule has 0 unspecified atom stereocenters. The van der Waals surface area contributed by atoms with Gasteiger partial charge in [0.25, 0.3) is 0 Å². The average Bonchev–Trinajstić information content (AvgIpc) is 2.64. The van der Waals surface area contributed by atoms with Crippen molar-refractivity contribution in [2.24, 2.45) is 0 Å². The smallest absolute Gasteiger partial charge is 0.196 e. The lowest BCUT2D eigenvalue weighted by molar-refractivity contribution is 0.0798. The molecule has 0 atom stereocenters. The third kappa shape index (κ3) is 3.65. The molecule has 0 radical (unpaired) electrons. The van der Waals surface area contributed by atoms with E-state index >= 15 is 0 Å². The maximum absolute atomic E-state index is 12.7. The second-order valence-electron chi connectivity index (χ2n) is 6.34. The summed E-state index contributed by atoms with van der Waals surface area (Å²) in [6.45, 7) is 7.62. The van der Waals surface area contributed by atoms with Crippen LogP contribution in [0.5, 0.6) is 0 Å². The van der Waals surface area contributed by atoms with Crippen LogP contribution in [0, 0.1) is 6.92 Å². The van der Waals surface area contributed by atoms with Gasteiger partial charge in [0.1, 0.15) is 18.0 Å². The van der Waals surface area contributed by atoms with E-state index in [4.69, 9.17) is 9.15 Å². The van der Waals surface area contributed by atoms with Crippen LogP contribution in [-0.2, 0) is 4.74 Å². The van der Waals surface area contributed by atoms with Gasteiger partial charge in [0.2, 0.25) is 0 Å². The number of benzene rings is 2. The number of rotatable bonds is 6. The Hall–Kier alpha value is -2.98. The van der Waals surface area contributed by atoms with Crippen molar-refractivity contribution in [1.82, 2.24) is 0 Å². The predicted molar refractivity (Wildman–Crippen MR) is 103 cm³/mol. The largest absolute Gasteiger partial charge is 0.456 e. The minimum Gasteiger partial charge on any atom is -0.456 e. The van der Waals surface area contributed by atoms with Crippen molar-refractivity contribution >= 4 is 16.8 Å². The molecule has 0 aliphatic carbocycles. The number of hydrogen-bond acceptors (Lipinski definition) is 4. The van der Waals surface area contributed by atoms with E-state index in [-0.39, 0.29) is 17.8 Å². The first-order valence-electron chi connectivity index (χ1n) is 8.35. The number of ether oxygens (including phenoxy) is 1. The summed E-state index contributed by atoms with van der Waals surface area (Å²) < 4.78 is 11.3. The Kier molecular flexibility index (Phi) is 5.14. The molecule has 4 heteroatoms. The molecule has 0 bridgehead atoms. The van der Waals surface area contributed by atoms with Crippen LogP contribution in [0.3, 0.4) is 0 Å². The first kappa shape index (κ1) is 17.8. The number of Topliss-reactive ketones (excluding diaryl/α,β-unsaturated/α-hetero) is 1. The Labute approximate surface area is 151 Å². The highest BCUT2D eigenvalue weighted by molar-refractivity contribution is 6.00. The summed E-state index contributed by atoms with van der Waals surface area (Å²) in [5, 5.41) is 0.460. The van der Waals surface area contributed by atoms with E-state index in [1.165, 1.54) is 0 Å². The number of fused-ring (bicyclic) bond motifs is 1. The third-order valence-corrected chi connectivity index (χ3v) is 4.06. The highest BCUT2D eigenvalue weighted by Gasteiger charge is 2.14. The van der Waals surface area contributed by atoms with Gasteiger partial charge >= 0.3 is 0 Å². The Morgan fingerprint density at radius 2 is 1.85 bits per heavy atom. The van der Waals surface area contributed by atoms with Crippen LogP contribution in [0.1, 0.15) is 22.8 Å². The van der Waals surface area contributed by atoms with Crippen LogP contribution in [0.25, 0.3) is 22.3 Å². The molecule has 4 nitrogen and oxygen atoms in total. The first-order valence-corrected chi connectivity index (χ1v) is 8.35. The zero-order chi connectivity index (χ0) is 18.7. The lowest BCUT2D eigenvalue weighted by Crippen LogP contribution is -2.11. The maximum atomic E-state index is 12.7. The van der Waals surface area contributed by atoms with E-state index < -0.39 is 0 Å². The fraction of sp³-hybridized carbons (Fsp3) is 0.182. The van der Waals surface area contributed by atoms with Crippen LogP contribution < -0.4 is 5.43 Å². The minimum absolute atomic E-state index is 0.0417. The van der Waals surface area contributed by atoms with E-state index in [1.54, 1.807) is 25.1 Å². The van der Waals surface area contributed by atoms with Crippen molar-refractivity contribution in [2.45, 2.75) is 13.8 Å². The highest BCUT2D eigenvalue weighted by atomic mass is 16.5. The molecule has 0 saturated heterocycles. The van der Waals surface area contributed by atoms with Crippen molar-refractivity contribution in [2.75, 3.05) is 13.2 Å². The standard InChI is InChI=1S/C22H20O4/c1-14(2)12-25-13-19(23)17-9-10-18-20(11-17)26-22(15(3)21(18)24)16-7-5-4-6-8-16/h4-11H,1,12-13H2,2-3H3. The SMILES string of the molecule is C=C(C)COCC(=O)c1ccc2c(=O)c(C)c(-c3ccccc3)oc2c1. The van der Waals surface area contributed by atoms with Gasteiger partial charge in [0, 0.05) is 16.7 Å². The van der Waals surface area contributed by atoms with Crippen LogP contribution in [0.15, 0.2) is 69.9 Å². The molecular formula is C22H20O4. The van der Waals surface area contributed by atoms with E-state index in [2.05, 4.69) is 6.58 Å². The van der Waals surface area contributed by atoms with Gasteiger partial charge in [-0.2, -0.15) is 0 Å². The molecule has 0 aliphatic heterocycles. The molecule has 3 aromatic rings. The Morgan fingerprint density at radius 3 is 2.54 bits per heavy atom. The second kappa shape index (κ2) is 7.50. The Balaban J connectivity index is 2.01. The second-order valence-corrected chi connectivity index (χ2v) is 6.34. The van der Waals surface area contributed by atoms with E-state index in [0.717, 1.165) is 11.1 Å². The molecule has 0 saturated carbocycles. The number of ketones is 1. The monoisotopic (exact) mass is 348 g/mol. The molecule has 0 spiro atoms. The molecule has 0 aliphatic rings. The summed E-state index contributed by atoms with van der Waals surface area (Å²) in [7, 11) is 0. The summed E-state index contributed by atoms with van der Waals surface area (Å²) in [5.41, 5.74) is 2.97. The fourth-order valence-electron chi connectivity index (χ4n) is 2.73. The lowest BCUT2D eigenvalue weighted by Gasteiger charge is -2.08. The molecule has 0 fully saturated rings. The summed E-state index contributed by atoms with van der Waals surface area (Å²) >= 11 is 0. The van der Waals surface area contributed by atoms with Crippen molar-refractivity contribution in [1.29, 1.82) is 0 Å². The van der Waals surface area contributed by atoms with Crippen molar-refractivity contribution in [3.05, 3.63) is 82.0 Å². The summed E-state index contributed by atoms with van der Waals surface area (Å²) in [6, 6.07) is 14.3. The van der Waals surface area contributed by atoms with Gasteiger partial charge in [0.15, 0.2) is 11.2 Å². The number of carbonyl (C=O) groups is 1. The molecular weight excluding hydrogens is 328 g/mol. The Bertz CT molecular complexity index is 1030. The van der Waals surface area contributed by atoms with Gasteiger partial charge in [-0.3, -0.25) is 9.59 Å². The molecule has 1 aromatic heterocycles. The van der Waals surface area contributed by atoms with Crippen LogP contribution in [-0.4, -0.2) is 19.0 Å². The molecule has 0 N–H and O–H groups in total. The van der Waals surface area contributed by atoms with Crippen LogP contribution >= 0.6 is 0 Å². The Morgan fingerprint density at radius 1 is 1.12 bits per heavy atom. The highest BCUT2D eigenvalue weighted by Crippen LogP contribution is 2.26. The zero-order valence-corrected chi connectivity index (χ0v) is 14.9. The zero-order valence-electron chi connectivity index (χ0n) is 14.9.